The van der Waals surface area contributed by atoms with Gasteiger partial charge in [-0.15, -0.1) is 0 Å². The van der Waals surface area contributed by atoms with Gasteiger partial charge in [-0.1, -0.05) is 19.1 Å². The quantitative estimate of drug-likeness (QED) is 0.447. The Kier molecular flexibility index (Phi) is 6.73. The number of anilines is 1. The highest BCUT2D eigenvalue weighted by molar-refractivity contribution is 6.01. The Labute approximate surface area is 174 Å². The van der Waals surface area contributed by atoms with Crippen LogP contribution in [-0.4, -0.2) is 54.2 Å². The predicted molar refractivity (Wildman–Crippen MR) is 114 cm³/mol. The molecular formula is C21H24FN5O3. The first-order chi connectivity index (χ1) is 14.4. The molecule has 2 aromatic carbocycles. The van der Waals surface area contributed by atoms with Gasteiger partial charge in [0.05, 0.1) is 16.3 Å². The third-order valence-electron chi connectivity index (χ3n) is 5.17. The van der Waals surface area contributed by atoms with Crippen LogP contribution in [0.4, 0.5) is 15.8 Å². The Bertz CT molecular complexity index is 971. The summed E-state index contributed by atoms with van der Waals surface area (Å²) in [6.45, 7) is 8.12. The second-order valence-electron chi connectivity index (χ2n) is 7.03. The number of likely N-dealkylation sites (N-methyl/N-ethyl adjacent to an activating group) is 1. The van der Waals surface area contributed by atoms with Gasteiger partial charge in [-0.25, -0.2) is 9.82 Å². The van der Waals surface area contributed by atoms with Gasteiger partial charge < -0.3 is 9.80 Å². The van der Waals surface area contributed by atoms with Crippen molar-refractivity contribution in [2.45, 2.75) is 13.8 Å². The Morgan fingerprint density at radius 3 is 2.53 bits per heavy atom. The molecule has 2 aromatic rings. The summed E-state index contributed by atoms with van der Waals surface area (Å²) >= 11 is 0. The van der Waals surface area contributed by atoms with E-state index < -0.39 is 10.8 Å². The molecule has 1 saturated heterocycles. The van der Waals surface area contributed by atoms with Gasteiger partial charge in [-0.3, -0.25) is 14.9 Å². The summed E-state index contributed by atoms with van der Waals surface area (Å²) in [5, 5.41) is 14.8. The molecule has 0 atom stereocenters. The molecule has 1 aliphatic rings. The van der Waals surface area contributed by atoms with Crippen molar-refractivity contribution < 1.29 is 14.1 Å². The lowest BCUT2D eigenvalue weighted by Gasteiger charge is -2.35. The number of hydrogen-bond donors (Lipinski definition) is 1. The number of benzene rings is 2. The highest BCUT2D eigenvalue weighted by atomic mass is 19.1. The van der Waals surface area contributed by atoms with Crippen LogP contribution in [0.3, 0.4) is 0 Å². The maximum absolute atomic E-state index is 14.7. The van der Waals surface area contributed by atoms with Crippen molar-refractivity contribution in [3.63, 3.8) is 0 Å². The molecule has 1 aliphatic heterocycles. The summed E-state index contributed by atoms with van der Waals surface area (Å²) in [6, 6.07) is 10.3. The van der Waals surface area contributed by atoms with Crippen LogP contribution >= 0.6 is 0 Å². The number of carbonyl (C=O) groups is 1. The third-order valence-corrected chi connectivity index (χ3v) is 5.17. The maximum atomic E-state index is 14.7. The molecule has 1 heterocycles. The minimum atomic E-state index is -0.580. The van der Waals surface area contributed by atoms with Crippen molar-refractivity contribution in [2.24, 2.45) is 5.10 Å². The van der Waals surface area contributed by atoms with E-state index in [0.717, 1.165) is 32.7 Å². The second-order valence-corrected chi connectivity index (χ2v) is 7.03. The number of amides is 1. The molecule has 0 aliphatic carbocycles. The molecule has 0 bridgehead atoms. The van der Waals surface area contributed by atoms with E-state index >= 15 is 0 Å². The Morgan fingerprint density at radius 1 is 1.17 bits per heavy atom. The third kappa shape index (κ3) is 4.98. The Morgan fingerprint density at radius 2 is 1.90 bits per heavy atom. The molecular weight excluding hydrogens is 389 g/mol. The van der Waals surface area contributed by atoms with Crippen LogP contribution in [0, 0.1) is 15.9 Å². The fourth-order valence-corrected chi connectivity index (χ4v) is 3.32. The molecule has 1 N–H and O–H groups in total. The summed E-state index contributed by atoms with van der Waals surface area (Å²) < 4.78 is 14.7. The number of carbonyl (C=O) groups excluding carboxylic acids is 1. The summed E-state index contributed by atoms with van der Waals surface area (Å²) in [4.78, 5) is 26.8. The smallest absolute Gasteiger partial charge is 0.271 e. The molecule has 8 nitrogen and oxygen atoms in total. The largest absolute Gasteiger partial charge is 0.367 e. The van der Waals surface area contributed by atoms with Crippen LogP contribution in [0.2, 0.25) is 0 Å². The maximum Gasteiger partial charge on any atom is 0.271 e. The molecule has 9 heteroatoms. The normalized spacial score (nSPS) is 15.2. The van der Waals surface area contributed by atoms with E-state index in [0.29, 0.717) is 17.0 Å². The van der Waals surface area contributed by atoms with Crippen molar-refractivity contribution in [3.05, 3.63) is 69.5 Å². The molecule has 0 radical (unpaired) electrons. The van der Waals surface area contributed by atoms with Crippen LogP contribution in [0.5, 0.6) is 0 Å². The highest BCUT2D eigenvalue weighted by Gasteiger charge is 2.19. The number of nitrogens with zero attached hydrogens (tertiary/aromatic N) is 4. The van der Waals surface area contributed by atoms with Crippen LogP contribution in [0.25, 0.3) is 0 Å². The summed E-state index contributed by atoms with van der Waals surface area (Å²) in [6.07, 6.45) is 0. The Balaban J connectivity index is 1.68. The number of hydrazone groups is 1. The monoisotopic (exact) mass is 413 g/mol. The van der Waals surface area contributed by atoms with E-state index in [1.807, 2.05) is 4.90 Å². The summed E-state index contributed by atoms with van der Waals surface area (Å²) in [5.41, 5.74) is 3.83. The van der Waals surface area contributed by atoms with Crippen molar-refractivity contribution in [1.29, 1.82) is 0 Å². The fourth-order valence-electron chi connectivity index (χ4n) is 3.32. The van der Waals surface area contributed by atoms with Crippen LogP contribution in [-0.2, 0) is 0 Å². The molecule has 158 valence electrons. The molecule has 3 rings (SSSR count). The topological polar surface area (TPSA) is 91.1 Å². The lowest BCUT2D eigenvalue weighted by molar-refractivity contribution is -0.384. The molecule has 1 amide bonds. The van der Waals surface area contributed by atoms with Crippen LogP contribution in [0.15, 0.2) is 47.6 Å². The van der Waals surface area contributed by atoms with Gasteiger partial charge in [0.25, 0.3) is 11.6 Å². The molecule has 0 spiro atoms. The number of non-ortho nitro benzene ring substituents is 1. The van der Waals surface area contributed by atoms with Crippen molar-refractivity contribution >= 4 is 23.0 Å². The van der Waals surface area contributed by atoms with E-state index in [1.165, 1.54) is 30.3 Å². The number of piperazine rings is 1. The lowest BCUT2D eigenvalue weighted by Crippen LogP contribution is -2.46. The van der Waals surface area contributed by atoms with Crippen molar-refractivity contribution in [3.8, 4) is 0 Å². The zero-order valence-corrected chi connectivity index (χ0v) is 17.0. The first-order valence-electron chi connectivity index (χ1n) is 9.75. The first kappa shape index (κ1) is 21.4. The van der Waals surface area contributed by atoms with Gasteiger partial charge in [-0.05, 0) is 31.7 Å². The van der Waals surface area contributed by atoms with Gasteiger partial charge in [0, 0.05) is 49.4 Å². The number of nitrogens with one attached hydrogen (secondary N) is 1. The molecule has 0 aromatic heterocycles. The van der Waals surface area contributed by atoms with E-state index in [9.17, 15) is 19.3 Å². The lowest BCUT2D eigenvalue weighted by atomic mass is 10.1. The number of rotatable bonds is 6. The number of nitro groups is 1. The van der Waals surface area contributed by atoms with E-state index in [-0.39, 0.29) is 17.1 Å². The van der Waals surface area contributed by atoms with E-state index in [4.69, 9.17) is 0 Å². The zero-order valence-electron chi connectivity index (χ0n) is 17.0. The van der Waals surface area contributed by atoms with Gasteiger partial charge >= 0.3 is 0 Å². The van der Waals surface area contributed by atoms with Crippen molar-refractivity contribution in [2.75, 3.05) is 37.6 Å². The molecule has 30 heavy (non-hydrogen) atoms. The predicted octanol–water partition coefficient (Wildman–Crippen LogP) is 3.03. The average Bonchev–Trinajstić information content (AvgIpc) is 2.77. The van der Waals surface area contributed by atoms with Gasteiger partial charge in [0.15, 0.2) is 0 Å². The Hall–Kier alpha value is -3.33. The SMILES string of the molecule is CCN1CCN(c2ccc(/C(C)=N\NC(=O)c3cccc([N+](=O)[O-])c3)cc2F)CC1. The standard InChI is InChI=1S/C21H24FN5O3/c1-3-25-9-11-26(12-10-25)20-8-7-16(14-19(20)22)15(2)23-24-21(28)17-5-4-6-18(13-17)27(29)30/h4-8,13-14H,3,9-12H2,1-2H3,(H,24,28)/b23-15-. The van der Waals surface area contributed by atoms with Gasteiger partial charge in [-0.2, -0.15) is 5.10 Å². The second kappa shape index (κ2) is 9.45. The highest BCUT2D eigenvalue weighted by Crippen LogP contribution is 2.22. The average molecular weight is 413 g/mol. The van der Waals surface area contributed by atoms with Crippen LogP contribution < -0.4 is 10.3 Å². The van der Waals surface area contributed by atoms with E-state index in [1.54, 1.807) is 19.1 Å². The zero-order chi connectivity index (χ0) is 21.7. The number of halogens is 1. The summed E-state index contributed by atoms with van der Waals surface area (Å²) in [5.74, 6) is -0.916. The molecule has 1 fully saturated rings. The first-order valence-corrected chi connectivity index (χ1v) is 9.75. The number of hydrogen-bond acceptors (Lipinski definition) is 6. The molecule has 0 unspecified atom stereocenters. The van der Waals surface area contributed by atoms with Gasteiger partial charge in [0.1, 0.15) is 5.82 Å². The molecule has 0 saturated carbocycles. The van der Waals surface area contributed by atoms with E-state index in [2.05, 4.69) is 22.4 Å². The van der Waals surface area contributed by atoms with Crippen LogP contribution in [0.1, 0.15) is 29.8 Å². The number of nitro benzene ring substituents is 1. The van der Waals surface area contributed by atoms with Crippen molar-refractivity contribution in [1.82, 2.24) is 10.3 Å². The fraction of sp³-hybridized carbons (Fsp3) is 0.333. The summed E-state index contributed by atoms with van der Waals surface area (Å²) in [7, 11) is 0. The minimum absolute atomic E-state index is 0.119. The minimum Gasteiger partial charge on any atom is -0.367 e. The van der Waals surface area contributed by atoms with Gasteiger partial charge in [0.2, 0.25) is 0 Å².